The van der Waals surface area contributed by atoms with E-state index in [9.17, 15) is 0 Å². The summed E-state index contributed by atoms with van der Waals surface area (Å²) >= 11 is 0. The molecule has 0 bridgehead atoms. The Bertz CT molecular complexity index is 2060. The van der Waals surface area contributed by atoms with Gasteiger partial charge >= 0.3 is 0 Å². The molecule has 0 amide bonds. The van der Waals surface area contributed by atoms with E-state index in [-0.39, 0.29) is 0 Å². The summed E-state index contributed by atoms with van der Waals surface area (Å²) in [5.74, 6) is 0. The Kier molecular flexibility index (Phi) is 5.48. The first-order chi connectivity index (χ1) is 20.7. The van der Waals surface area contributed by atoms with E-state index in [1.54, 1.807) is 0 Å². The van der Waals surface area contributed by atoms with Crippen LogP contribution in [0.2, 0.25) is 0 Å². The third-order valence-electron chi connectivity index (χ3n) is 9.07. The molecule has 6 aromatic rings. The zero-order valence-electron chi connectivity index (χ0n) is 23.5. The zero-order chi connectivity index (χ0) is 28.3. The lowest BCUT2D eigenvalue weighted by Crippen LogP contribution is -2.32. The Morgan fingerprint density at radius 1 is 0.548 bits per heavy atom. The third-order valence-corrected chi connectivity index (χ3v) is 9.07. The van der Waals surface area contributed by atoms with Crippen LogP contribution in [-0.4, -0.2) is 5.71 Å². The largest absolute Gasteiger partial charge is 0.248 e. The van der Waals surface area contributed by atoms with Crippen LogP contribution < -0.4 is 0 Å². The van der Waals surface area contributed by atoms with Crippen LogP contribution in [0.15, 0.2) is 163 Å². The summed E-state index contributed by atoms with van der Waals surface area (Å²) in [4.78, 5) is 5.51. The van der Waals surface area contributed by atoms with Gasteiger partial charge in [0.25, 0.3) is 0 Å². The van der Waals surface area contributed by atoms with E-state index in [1.165, 1.54) is 55.3 Å². The van der Waals surface area contributed by atoms with Crippen molar-refractivity contribution in [1.82, 2.24) is 0 Å². The highest BCUT2D eigenvalue weighted by Gasteiger charge is 2.53. The topological polar surface area (TPSA) is 12.4 Å². The Morgan fingerprint density at radius 2 is 1.07 bits per heavy atom. The number of fused-ring (bicyclic) bond motifs is 8. The maximum Gasteiger partial charge on any atom is 0.0766 e. The Morgan fingerprint density at radius 3 is 1.76 bits per heavy atom. The van der Waals surface area contributed by atoms with Gasteiger partial charge in [0.15, 0.2) is 0 Å². The van der Waals surface area contributed by atoms with Crippen molar-refractivity contribution in [3.63, 3.8) is 0 Å². The van der Waals surface area contributed by atoms with Crippen molar-refractivity contribution in [3.8, 4) is 11.1 Å². The van der Waals surface area contributed by atoms with Crippen LogP contribution in [0, 0.1) is 0 Å². The lowest BCUT2D eigenvalue weighted by molar-refractivity contribution is 0.796. The first-order valence-corrected chi connectivity index (χ1v) is 14.5. The average molecular weight is 536 g/mol. The lowest BCUT2D eigenvalue weighted by atomic mass is 9.67. The van der Waals surface area contributed by atoms with E-state index in [1.807, 2.05) is 6.07 Å². The van der Waals surface area contributed by atoms with E-state index in [2.05, 4.69) is 153 Å². The number of hydrogen-bond donors (Lipinski definition) is 0. The zero-order valence-corrected chi connectivity index (χ0v) is 23.5. The highest BCUT2D eigenvalue weighted by atomic mass is 14.8. The monoisotopic (exact) mass is 535 g/mol. The Labute approximate surface area is 246 Å². The van der Waals surface area contributed by atoms with Gasteiger partial charge in [-0.15, -0.1) is 0 Å². The van der Waals surface area contributed by atoms with Crippen LogP contribution in [0.5, 0.6) is 0 Å². The number of hydrogen-bond acceptors (Lipinski definition) is 1. The van der Waals surface area contributed by atoms with Crippen LogP contribution >= 0.6 is 0 Å². The normalized spacial score (nSPS) is 14.6. The predicted octanol–water partition coefficient (Wildman–Crippen LogP) is 10.1. The number of aliphatic imine (C=N–C) groups is 1. The van der Waals surface area contributed by atoms with E-state index in [0.717, 1.165) is 22.5 Å². The summed E-state index contributed by atoms with van der Waals surface area (Å²) in [6.45, 7) is 6.79. The molecule has 0 unspecified atom stereocenters. The van der Waals surface area contributed by atoms with Crippen LogP contribution in [0.25, 0.3) is 33.2 Å². The third kappa shape index (κ3) is 3.34. The fourth-order valence-electron chi connectivity index (χ4n) is 7.35. The van der Waals surface area contributed by atoms with Gasteiger partial charge in [0, 0.05) is 11.1 Å². The molecular formula is C41H29N. The molecule has 8 rings (SSSR count). The second-order valence-corrected chi connectivity index (χ2v) is 11.2. The van der Waals surface area contributed by atoms with Gasteiger partial charge in [-0.25, -0.2) is 4.99 Å². The van der Waals surface area contributed by atoms with Crippen LogP contribution in [-0.2, 0) is 5.41 Å². The summed E-state index contributed by atoms with van der Waals surface area (Å²) in [7, 11) is 0. The molecule has 0 heterocycles. The number of benzene rings is 6. The maximum atomic E-state index is 5.51. The van der Waals surface area contributed by atoms with Crippen molar-refractivity contribution in [3.05, 3.63) is 191 Å². The predicted molar refractivity (Wildman–Crippen MR) is 177 cm³/mol. The fourth-order valence-corrected chi connectivity index (χ4v) is 7.35. The molecule has 0 aromatic heterocycles. The SMILES string of the molecule is C=C(N=C(C1=C(C)c2ccccc2C12c1ccccc1-c1ccccc12)c1cccc2ccccc12)c1ccccc1. The van der Waals surface area contributed by atoms with Crippen molar-refractivity contribution < 1.29 is 0 Å². The fraction of sp³-hybridized carbons (Fsp3) is 0.0488. The van der Waals surface area contributed by atoms with Crippen LogP contribution in [0.4, 0.5) is 0 Å². The summed E-state index contributed by atoms with van der Waals surface area (Å²) in [5.41, 5.74) is 13.6. The second-order valence-electron chi connectivity index (χ2n) is 11.2. The smallest absolute Gasteiger partial charge is 0.0766 e. The van der Waals surface area contributed by atoms with E-state index in [4.69, 9.17) is 4.99 Å². The van der Waals surface area contributed by atoms with Crippen LogP contribution in [0.1, 0.15) is 40.3 Å². The maximum absolute atomic E-state index is 5.51. The molecular weight excluding hydrogens is 506 g/mol. The number of rotatable bonds is 4. The first kappa shape index (κ1) is 24.5. The summed E-state index contributed by atoms with van der Waals surface area (Å²) < 4.78 is 0. The summed E-state index contributed by atoms with van der Waals surface area (Å²) in [6, 6.07) is 52.3. The summed E-state index contributed by atoms with van der Waals surface area (Å²) in [5, 5.41) is 2.38. The van der Waals surface area contributed by atoms with Crippen molar-refractivity contribution >= 4 is 27.8 Å². The van der Waals surface area contributed by atoms with E-state index >= 15 is 0 Å². The van der Waals surface area contributed by atoms with Crippen molar-refractivity contribution in [2.75, 3.05) is 0 Å². The molecule has 0 aliphatic heterocycles. The Hall–Kier alpha value is -5.27. The minimum absolute atomic E-state index is 0.499. The molecule has 0 N–H and O–H groups in total. The molecule has 1 heteroatoms. The molecule has 0 saturated heterocycles. The lowest BCUT2D eigenvalue weighted by Gasteiger charge is -2.34. The van der Waals surface area contributed by atoms with Crippen molar-refractivity contribution in [2.24, 2.45) is 4.99 Å². The standard InChI is InChI=1S/C41H29N/c1-27-31-19-8-11-24-36(31)41(37-25-12-9-21-33(37)34-22-10-13-26-38(34)41)39(27)40(42-28(2)29-15-4-3-5-16-29)35-23-14-18-30-17-6-7-20-32(30)35/h3-26H,2H2,1H3. The molecule has 198 valence electrons. The number of nitrogens with zero attached hydrogens (tertiary/aromatic N) is 1. The summed E-state index contributed by atoms with van der Waals surface area (Å²) in [6.07, 6.45) is 0. The minimum Gasteiger partial charge on any atom is -0.248 e. The van der Waals surface area contributed by atoms with Gasteiger partial charge in [-0.2, -0.15) is 0 Å². The molecule has 1 spiro atoms. The van der Waals surface area contributed by atoms with Gasteiger partial charge in [-0.05, 0) is 62.2 Å². The molecule has 2 aliphatic carbocycles. The van der Waals surface area contributed by atoms with Crippen molar-refractivity contribution in [2.45, 2.75) is 12.3 Å². The van der Waals surface area contributed by atoms with Gasteiger partial charge in [-0.1, -0.05) is 152 Å². The Balaban J connectivity index is 1.52. The highest BCUT2D eigenvalue weighted by molar-refractivity contribution is 6.27. The molecule has 0 saturated carbocycles. The van der Waals surface area contributed by atoms with Gasteiger partial charge < -0.3 is 0 Å². The number of allylic oxidation sites excluding steroid dienone is 2. The molecule has 42 heavy (non-hydrogen) atoms. The van der Waals surface area contributed by atoms with Crippen molar-refractivity contribution in [1.29, 1.82) is 0 Å². The highest BCUT2D eigenvalue weighted by Crippen LogP contribution is 2.62. The molecule has 0 atom stereocenters. The second kappa shape index (κ2) is 9.39. The van der Waals surface area contributed by atoms with Crippen LogP contribution in [0.3, 0.4) is 0 Å². The van der Waals surface area contributed by atoms with E-state index in [0.29, 0.717) is 0 Å². The average Bonchev–Trinajstić information content (AvgIpc) is 3.49. The molecule has 6 aromatic carbocycles. The molecule has 2 aliphatic rings. The molecule has 1 nitrogen and oxygen atoms in total. The van der Waals surface area contributed by atoms with Gasteiger partial charge in [-0.3, -0.25) is 0 Å². The molecule has 0 radical (unpaired) electrons. The first-order valence-electron chi connectivity index (χ1n) is 14.5. The van der Waals surface area contributed by atoms with Gasteiger partial charge in [0.1, 0.15) is 0 Å². The van der Waals surface area contributed by atoms with Gasteiger partial charge in [0.2, 0.25) is 0 Å². The van der Waals surface area contributed by atoms with E-state index < -0.39 is 5.41 Å². The van der Waals surface area contributed by atoms with Gasteiger partial charge in [0.05, 0.1) is 16.8 Å². The minimum atomic E-state index is -0.499. The molecule has 0 fully saturated rings. The quantitative estimate of drug-likeness (QED) is 0.199.